The van der Waals surface area contributed by atoms with Crippen molar-refractivity contribution in [1.29, 1.82) is 0 Å². The maximum absolute atomic E-state index is 13.4. The van der Waals surface area contributed by atoms with Crippen LogP contribution in [0.5, 0.6) is 5.75 Å². The first kappa shape index (κ1) is 25.1. The molecule has 3 heterocycles. The van der Waals surface area contributed by atoms with Crippen molar-refractivity contribution in [2.75, 3.05) is 13.2 Å². The fourth-order valence-electron chi connectivity index (χ4n) is 4.74. The molecular formula is C27H28BN3O5S. The number of nitrogens with zero attached hydrogens (tertiary/aromatic N) is 3. The number of thioether (sulfide) groups is 1. The highest BCUT2D eigenvalue weighted by atomic mass is 32.2. The summed E-state index contributed by atoms with van der Waals surface area (Å²) in [5, 5.41) is 4.39. The summed E-state index contributed by atoms with van der Waals surface area (Å²) in [6.07, 6.45) is 1.48. The predicted octanol–water partition coefficient (Wildman–Crippen LogP) is 3.66. The van der Waals surface area contributed by atoms with Gasteiger partial charge >= 0.3 is 6.09 Å². The minimum Gasteiger partial charge on any atom is -0.492 e. The van der Waals surface area contributed by atoms with E-state index in [0.717, 1.165) is 21.8 Å². The maximum Gasteiger partial charge on any atom is 0.416 e. The van der Waals surface area contributed by atoms with Crippen LogP contribution in [0.4, 0.5) is 4.79 Å². The van der Waals surface area contributed by atoms with Gasteiger partial charge in [0.15, 0.2) is 7.85 Å². The van der Waals surface area contributed by atoms with E-state index in [0.29, 0.717) is 24.0 Å². The van der Waals surface area contributed by atoms with E-state index in [1.54, 1.807) is 17.8 Å². The molecule has 2 amide bonds. The van der Waals surface area contributed by atoms with Gasteiger partial charge in [0, 0.05) is 23.3 Å². The molecule has 10 heteroatoms. The maximum atomic E-state index is 13.4. The lowest BCUT2D eigenvalue weighted by Crippen LogP contribution is -2.40. The van der Waals surface area contributed by atoms with Crippen molar-refractivity contribution in [3.63, 3.8) is 0 Å². The first-order chi connectivity index (χ1) is 18.0. The van der Waals surface area contributed by atoms with Crippen molar-refractivity contribution in [3.05, 3.63) is 83.7 Å². The molecule has 0 aliphatic carbocycles. The van der Waals surface area contributed by atoms with E-state index < -0.39 is 6.09 Å². The van der Waals surface area contributed by atoms with Gasteiger partial charge in [0.2, 0.25) is 5.91 Å². The minimum absolute atomic E-state index is 0.0555. The molecule has 0 spiro atoms. The summed E-state index contributed by atoms with van der Waals surface area (Å²) in [5.41, 5.74) is 2.54. The molecule has 190 valence electrons. The number of benzene rings is 2. The average molecular weight is 517 g/mol. The van der Waals surface area contributed by atoms with Crippen LogP contribution in [0.3, 0.4) is 0 Å². The largest absolute Gasteiger partial charge is 0.492 e. The number of cyclic esters (lactones) is 1. The van der Waals surface area contributed by atoms with Gasteiger partial charge in [-0.3, -0.25) is 9.79 Å². The van der Waals surface area contributed by atoms with Gasteiger partial charge in [-0.1, -0.05) is 47.6 Å². The van der Waals surface area contributed by atoms with Crippen LogP contribution < -0.4 is 4.74 Å². The number of rotatable bonds is 9. The van der Waals surface area contributed by atoms with Crippen molar-refractivity contribution < 1.29 is 23.6 Å². The van der Waals surface area contributed by atoms with Crippen LogP contribution in [-0.4, -0.2) is 65.4 Å². The van der Waals surface area contributed by atoms with Gasteiger partial charge in [-0.2, -0.15) is 0 Å². The highest BCUT2D eigenvalue weighted by Gasteiger charge is 2.39. The number of aliphatic imine (C=N–C) groups is 1. The lowest BCUT2D eigenvalue weighted by molar-refractivity contribution is -0.129. The number of amides is 2. The fraction of sp³-hybridized carbons (Fsp3) is 0.333. The van der Waals surface area contributed by atoms with E-state index in [-0.39, 0.29) is 36.9 Å². The second-order valence-corrected chi connectivity index (χ2v) is 10.7. The van der Waals surface area contributed by atoms with E-state index in [4.69, 9.17) is 14.0 Å². The third-order valence-electron chi connectivity index (χ3n) is 6.68. The van der Waals surface area contributed by atoms with Crippen LogP contribution in [0.1, 0.15) is 36.1 Å². The number of carbonyl (C=O) groups excluding carboxylic acids is 2. The van der Waals surface area contributed by atoms with E-state index in [1.165, 1.54) is 11.2 Å². The zero-order valence-corrected chi connectivity index (χ0v) is 21.6. The van der Waals surface area contributed by atoms with E-state index >= 15 is 0 Å². The van der Waals surface area contributed by atoms with Gasteiger partial charge < -0.3 is 14.0 Å². The highest BCUT2D eigenvalue weighted by Crippen LogP contribution is 2.31. The molecule has 0 radical (unpaired) electrons. The SMILES string of the molecule is BC1=NC(C)C(COc2ccc([C@H](CC(=O)N3C(=O)OC[C@@H]3Cc3ccccc3)c3ccon3)cc2)S1. The Kier molecular flexibility index (Phi) is 7.64. The van der Waals surface area contributed by atoms with Crippen LogP contribution in [0.25, 0.3) is 0 Å². The first-order valence-electron chi connectivity index (χ1n) is 12.3. The van der Waals surface area contributed by atoms with Gasteiger partial charge in [0.25, 0.3) is 0 Å². The molecule has 1 saturated heterocycles. The second-order valence-electron chi connectivity index (χ2n) is 9.29. The predicted molar refractivity (Wildman–Crippen MR) is 144 cm³/mol. The Morgan fingerprint density at radius 2 is 1.97 bits per heavy atom. The summed E-state index contributed by atoms with van der Waals surface area (Å²) in [7, 11) is 2.02. The smallest absolute Gasteiger partial charge is 0.416 e. The lowest BCUT2D eigenvalue weighted by atomic mass is 9.91. The number of ether oxygens (including phenoxy) is 2. The molecule has 0 saturated carbocycles. The topological polar surface area (TPSA) is 94.2 Å². The molecule has 3 aromatic rings. The van der Waals surface area contributed by atoms with Gasteiger partial charge in [-0.25, -0.2) is 9.69 Å². The van der Waals surface area contributed by atoms with Crippen molar-refractivity contribution >= 4 is 36.6 Å². The van der Waals surface area contributed by atoms with Crippen LogP contribution in [-0.2, 0) is 16.0 Å². The highest BCUT2D eigenvalue weighted by molar-refractivity contribution is 8.17. The summed E-state index contributed by atoms with van der Waals surface area (Å²) in [6.45, 7) is 2.85. The monoisotopic (exact) mass is 517 g/mol. The van der Waals surface area contributed by atoms with Crippen molar-refractivity contribution in [1.82, 2.24) is 10.1 Å². The quantitative estimate of drug-likeness (QED) is 0.400. The van der Waals surface area contributed by atoms with Crippen molar-refractivity contribution in [2.24, 2.45) is 4.99 Å². The van der Waals surface area contributed by atoms with Gasteiger partial charge in [-0.15, -0.1) is 11.8 Å². The number of hydrogen-bond acceptors (Lipinski definition) is 8. The number of carbonyl (C=O) groups is 2. The molecule has 8 nitrogen and oxygen atoms in total. The minimum atomic E-state index is -0.605. The Morgan fingerprint density at radius 1 is 1.19 bits per heavy atom. The van der Waals surface area contributed by atoms with E-state index in [1.807, 2.05) is 62.4 Å². The zero-order chi connectivity index (χ0) is 25.8. The molecule has 1 aromatic heterocycles. The van der Waals surface area contributed by atoms with Crippen LogP contribution >= 0.6 is 11.8 Å². The van der Waals surface area contributed by atoms with E-state index in [9.17, 15) is 9.59 Å². The van der Waals surface area contributed by atoms with Crippen molar-refractivity contribution in [3.8, 4) is 5.75 Å². The number of hydrogen-bond donors (Lipinski definition) is 0. The summed E-state index contributed by atoms with van der Waals surface area (Å²) in [5.74, 6) is 0.0595. The molecule has 37 heavy (non-hydrogen) atoms. The lowest BCUT2D eigenvalue weighted by Gasteiger charge is -2.22. The summed E-state index contributed by atoms with van der Waals surface area (Å²) < 4.78 is 16.3. The molecule has 5 rings (SSSR count). The molecule has 0 bridgehead atoms. The van der Waals surface area contributed by atoms with Gasteiger partial charge in [0.05, 0.1) is 23.0 Å². The van der Waals surface area contributed by atoms with Crippen LogP contribution in [0.2, 0.25) is 0 Å². The van der Waals surface area contributed by atoms with E-state index in [2.05, 4.69) is 17.1 Å². The Morgan fingerprint density at radius 3 is 2.65 bits per heavy atom. The third-order valence-corrected chi connectivity index (χ3v) is 7.96. The van der Waals surface area contributed by atoms with Gasteiger partial charge in [0.1, 0.15) is 25.2 Å². The zero-order valence-electron chi connectivity index (χ0n) is 20.8. The molecule has 2 unspecified atom stereocenters. The molecule has 0 N–H and O–H groups in total. The normalized spacial score (nSPS) is 22.0. The molecule has 2 aromatic carbocycles. The molecule has 2 aliphatic rings. The fourth-order valence-corrected chi connectivity index (χ4v) is 5.80. The Labute approximate surface area is 220 Å². The average Bonchev–Trinajstić information content (AvgIpc) is 3.63. The number of aromatic nitrogens is 1. The van der Waals surface area contributed by atoms with Crippen LogP contribution in [0.15, 0.2) is 76.4 Å². The Bertz CT molecular complexity index is 1250. The summed E-state index contributed by atoms with van der Waals surface area (Å²) in [6, 6.07) is 19.1. The molecule has 1 fully saturated rings. The third kappa shape index (κ3) is 5.90. The summed E-state index contributed by atoms with van der Waals surface area (Å²) >= 11 is 1.75. The van der Waals surface area contributed by atoms with Crippen LogP contribution in [0, 0.1) is 0 Å². The van der Waals surface area contributed by atoms with Gasteiger partial charge in [-0.05, 0) is 36.6 Å². The standard InChI is InChI=1S/C27H28BN3O5S/c1-17-24(37-26(28)29-17)16-34-21-9-7-19(8-10-21)22(23-11-12-36-30-23)14-25(32)31-20(15-35-27(31)33)13-18-5-3-2-4-6-18/h2-12,17,20,22,24H,13-16,28H2,1H3/t17?,20-,22-,24?/m0/s1. The molecule has 4 atom stereocenters. The number of imide groups is 1. The Hall–Kier alpha value is -3.53. The molecule has 2 aliphatic heterocycles. The first-order valence-corrected chi connectivity index (χ1v) is 13.2. The summed E-state index contributed by atoms with van der Waals surface area (Å²) in [4.78, 5) is 32.8. The van der Waals surface area contributed by atoms with Crippen molar-refractivity contribution in [2.45, 2.75) is 43.0 Å². The second kappa shape index (κ2) is 11.3. The molecular weight excluding hydrogens is 489 g/mol. The Balaban J connectivity index is 1.28.